The first-order valence-electron chi connectivity index (χ1n) is 8.45. The summed E-state index contributed by atoms with van der Waals surface area (Å²) in [5.74, 6) is 0.654. The molecule has 4 nitrogen and oxygen atoms in total. The van der Waals surface area contributed by atoms with E-state index in [1.165, 1.54) is 18.2 Å². The molecular formula is C20H18BrFN2O2S. The average molecular weight is 449 g/mol. The molecule has 2 aromatic rings. The number of thioether (sulfide) groups is 1. The van der Waals surface area contributed by atoms with Gasteiger partial charge in [-0.05, 0) is 51.8 Å². The Hall–Kier alpha value is -2.12. The summed E-state index contributed by atoms with van der Waals surface area (Å²) in [5, 5.41) is 2.71. The molecule has 2 aromatic carbocycles. The van der Waals surface area contributed by atoms with E-state index in [1.54, 1.807) is 53.1 Å². The molecule has 1 fully saturated rings. The third kappa shape index (κ3) is 5.20. The molecule has 1 aliphatic heterocycles. The summed E-state index contributed by atoms with van der Waals surface area (Å²) in [6.45, 7) is 1.24. The SMILES string of the molecule is O=C(N/C(=C\c1cccc(F)c1)C(=O)N1CCSCC1)c1ccccc1Br. The maximum atomic E-state index is 13.5. The predicted molar refractivity (Wildman–Crippen MR) is 110 cm³/mol. The highest BCUT2D eigenvalue weighted by Crippen LogP contribution is 2.18. The highest BCUT2D eigenvalue weighted by atomic mass is 79.9. The molecule has 0 bridgehead atoms. The van der Waals surface area contributed by atoms with Crippen molar-refractivity contribution in [3.05, 3.63) is 75.6 Å². The molecule has 0 saturated carbocycles. The Morgan fingerprint density at radius 3 is 2.56 bits per heavy atom. The molecule has 0 atom stereocenters. The Morgan fingerprint density at radius 1 is 1.11 bits per heavy atom. The van der Waals surface area contributed by atoms with Gasteiger partial charge < -0.3 is 10.2 Å². The summed E-state index contributed by atoms with van der Waals surface area (Å²) < 4.78 is 14.2. The molecule has 0 radical (unpaired) electrons. The minimum Gasteiger partial charge on any atom is -0.336 e. The van der Waals surface area contributed by atoms with E-state index >= 15 is 0 Å². The van der Waals surface area contributed by atoms with Crippen LogP contribution in [-0.4, -0.2) is 41.3 Å². The van der Waals surface area contributed by atoms with Crippen LogP contribution in [0.4, 0.5) is 4.39 Å². The Balaban J connectivity index is 1.90. The summed E-state index contributed by atoms with van der Waals surface area (Å²) in [6.07, 6.45) is 1.52. The lowest BCUT2D eigenvalue weighted by atomic mass is 10.1. The number of amides is 2. The van der Waals surface area contributed by atoms with E-state index in [2.05, 4.69) is 21.2 Å². The van der Waals surface area contributed by atoms with Crippen LogP contribution in [0, 0.1) is 5.82 Å². The molecule has 140 valence electrons. The van der Waals surface area contributed by atoms with Gasteiger partial charge in [-0.2, -0.15) is 11.8 Å². The van der Waals surface area contributed by atoms with Crippen molar-refractivity contribution in [3.63, 3.8) is 0 Å². The van der Waals surface area contributed by atoms with E-state index in [1.807, 2.05) is 0 Å². The first kappa shape index (κ1) is 19.6. The number of rotatable bonds is 4. The van der Waals surface area contributed by atoms with Gasteiger partial charge in [0.05, 0.1) is 5.56 Å². The number of nitrogens with one attached hydrogen (secondary N) is 1. The van der Waals surface area contributed by atoms with Crippen molar-refractivity contribution in [3.8, 4) is 0 Å². The summed E-state index contributed by atoms with van der Waals surface area (Å²) >= 11 is 5.14. The molecule has 0 aliphatic carbocycles. The first-order chi connectivity index (χ1) is 13.0. The van der Waals surface area contributed by atoms with Crippen molar-refractivity contribution in [1.29, 1.82) is 0 Å². The van der Waals surface area contributed by atoms with Gasteiger partial charge in [0, 0.05) is 29.1 Å². The third-order valence-electron chi connectivity index (χ3n) is 4.06. The van der Waals surface area contributed by atoms with E-state index < -0.39 is 11.7 Å². The molecule has 0 spiro atoms. The lowest BCUT2D eigenvalue weighted by Gasteiger charge is -2.27. The van der Waals surface area contributed by atoms with Crippen molar-refractivity contribution >= 4 is 45.6 Å². The fourth-order valence-corrected chi connectivity index (χ4v) is 4.05. The average Bonchev–Trinajstić information content (AvgIpc) is 2.68. The highest BCUT2D eigenvalue weighted by molar-refractivity contribution is 9.10. The standard InChI is InChI=1S/C20H18BrFN2O2S/c21-17-7-2-1-6-16(17)19(25)23-18(13-14-4-3-5-15(22)12-14)20(26)24-8-10-27-11-9-24/h1-7,12-13H,8-11H2,(H,23,25)/b18-13-. The number of hydrogen-bond donors (Lipinski definition) is 1. The maximum absolute atomic E-state index is 13.5. The predicted octanol–water partition coefficient (Wildman–Crippen LogP) is 3.93. The van der Waals surface area contributed by atoms with E-state index in [0.29, 0.717) is 28.7 Å². The van der Waals surface area contributed by atoms with Crippen molar-refractivity contribution in [2.24, 2.45) is 0 Å². The molecule has 1 heterocycles. The van der Waals surface area contributed by atoms with Crippen LogP contribution >= 0.6 is 27.7 Å². The summed E-state index contributed by atoms with van der Waals surface area (Å²) in [7, 11) is 0. The van der Waals surface area contributed by atoms with Crippen molar-refractivity contribution in [1.82, 2.24) is 10.2 Å². The van der Waals surface area contributed by atoms with Gasteiger partial charge in [-0.1, -0.05) is 24.3 Å². The van der Waals surface area contributed by atoms with Crippen LogP contribution in [0.2, 0.25) is 0 Å². The minimum atomic E-state index is -0.401. The molecule has 2 amide bonds. The van der Waals surface area contributed by atoms with Crippen LogP contribution in [0.3, 0.4) is 0 Å². The molecule has 1 N–H and O–H groups in total. The molecule has 0 aromatic heterocycles. The van der Waals surface area contributed by atoms with Gasteiger partial charge in [0.2, 0.25) is 0 Å². The fraction of sp³-hybridized carbons (Fsp3) is 0.200. The monoisotopic (exact) mass is 448 g/mol. The van der Waals surface area contributed by atoms with E-state index in [-0.39, 0.29) is 11.6 Å². The fourth-order valence-electron chi connectivity index (χ4n) is 2.69. The zero-order valence-corrected chi connectivity index (χ0v) is 16.9. The zero-order valence-electron chi connectivity index (χ0n) is 14.5. The Bertz CT molecular complexity index is 882. The van der Waals surface area contributed by atoms with Gasteiger partial charge >= 0.3 is 0 Å². The molecule has 27 heavy (non-hydrogen) atoms. The summed E-state index contributed by atoms with van der Waals surface area (Å²) in [5.41, 5.74) is 1.06. The molecule has 1 aliphatic rings. The van der Waals surface area contributed by atoms with Gasteiger partial charge in [0.15, 0.2) is 0 Å². The first-order valence-corrected chi connectivity index (χ1v) is 10.4. The van der Waals surface area contributed by atoms with E-state index in [0.717, 1.165) is 11.5 Å². The highest BCUT2D eigenvalue weighted by Gasteiger charge is 2.23. The van der Waals surface area contributed by atoms with Gasteiger partial charge in [-0.15, -0.1) is 0 Å². The van der Waals surface area contributed by atoms with Crippen molar-refractivity contribution in [2.75, 3.05) is 24.6 Å². The van der Waals surface area contributed by atoms with E-state index in [4.69, 9.17) is 0 Å². The van der Waals surface area contributed by atoms with Gasteiger partial charge in [0.1, 0.15) is 11.5 Å². The number of benzene rings is 2. The lowest BCUT2D eigenvalue weighted by molar-refractivity contribution is -0.127. The van der Waals surface area contributed by atoms with Gasteiger partial charge in [-0.25, -0.2) is 4.39 Å². The van der Waals surface area contributed by atoms with Crippen LogP contribution in [0.1, 0.15) is 15.9 Å². The largest absolute Gasteiger partial charge is 0.336 e. The summed E-state index contributed by atoms with van der Waals surface area (Å²) in [6, 6.07) is 12.9. The Morgan fingerprint density at radius 2 is 1.85 bits per heavy atom. The second kappa shape index (κ2) is 9.19. The maximum Gasteiger partial charge on any atom is 0.270 e. The van der Waals surface area contributed by atoms with Gasteiger partial charge in [-0.3, -0.25) is 9.59 Å². The Labute approximate surface area is 170 Å². The minimum absolute atomic E-state index is 0.133. The number of carbonyl (C=O) groups is 2. The van der Waals surface area contributed by atoms with Crippen LogP contribution < -0.4 is 5.32 Å². The summed E-state index contributed by atoms with van der Waals surface area (Å²) in [4.78, 5) is 27.4. The molecule has 1 saturated heterocycles. The second-order valence-corrected chi connectivity index (χ2v) is 8.03. The second-order valence-electron chi connectivity index (χ2n) is 5.95. The lowest BCUT2D eigenvalue weighted by Crippen LogP contribution is -2.42. The third-order valence-corrected chi connectivity index (χ3v) is 5.69. The smallest absolute Gasteiger partial charge is 0.270 e. The number of carbonyl (C=O) groups excluding carboxylic acids is 2. The topological polar surface area (TPSA) is 49.4 Å². The van der Waals surface area contributed by atoms with Crippen molar-refractivity contribution in [2.45, 2.75) is 0 Å². The van der Waals surface area contributed by atoms with E-state index in [9.17, 15) is 14.0 Å². The van der Waals surface area contributed by atoms with Crippen LogP contribution in [-0.2, 0) is 4.79 Å². The normalized spacial score (nSPS) is 14.7. The quantitative estimate of drug-likeness (QED) is 0.720. The molecule has 0 unspecified atom stereocenters. The number of hydrogen-bond acceptors (Lipinski definition) is 3. The van der Waals surface area contributed by atoms with Crippen LogP contribution in [0.25, 0.3) is 6.08 Å². The van der Waals surface area contributed by atoms with Crippen LogP contribution in [0.15, 0.2) is 58.7 Å². The van der Waals surface area contributed by atoms with Gasteiger partial charge in [0.25, 0.3) is 11.8 Å². The van der Waals surface area contributed by atoms with Crippen LogP contribution in [0.5, 0.6) is 0 Å². The molecule has 3 rings (SSSR count). The Kier molecular flexibility index (Phi) is 6.68. The van der Waals surface area contributed by atoms with Crippen molar-refractivity contribution < 1.29 is 14.0 Å². The number of halogens is 2. The molecular weight excluding hydrogens is 431 g/mol. The number of nitrogens with zero attached hydrogens (tertiary/aromatic N) is 1. The molecule has 7 heteroatoms. The zero-order chi connectivity index (χ0) is 19.2.